The van der Waals surface area contributed by atoms with Crippen LogP contribution in [-0.4, -0.2) is 34.9 Å². The van der Waals surface area contributed by atoms with Gasteiger partial charge in [-0.2, -0.15) is 0 Å². The lowest BCUT2D eigenvalue weighted by Gasteiger charge is -2.26. The minimum atomic E-state index is -0.309. The number of ether oxygens (including phenoxy) is 2. The molecule has 0 amide bonds. The highest BCUT2D eigenvalue weighted by atomic mass is 32.2. The molecule has 2 aromatic heterocycles. The zero-order valence-corrected chi connectivity index (χ0v) is 14.9. The molecule has 8 heteroatoms. The van der Waals surface area contributed by atoms with Gasteiger partial charge < -0.3 is 15.2 Å². The van der Waals surface area contributed by atoms with Gasteiger partial charge in [0.05, 0.1) is 31.0 Å². The summed E-state index contributed by atoms with van der Waals surface area (Å²) >= 11 is 2.83. The van der Waals surface area contributed by atoms with E-state index in [0.717, 1.165) is 16.6 Å². The van der Waals surface area contributed by atoms with E-state index >= 15 is 0 Å². The van der Waals surface area contributed by atoms with Crippen LogP contribution in [0.1, 0.15) is 24.3 Å². The van der Waals surface area contributed by atoms with Crippen molar-refractivity contribution in [1.29, 1.82) is 0 Å². The van der Waals surface area contributed by atoms with E-state index in [1.54, 1.807) is 11.3 Å². The highest BCUT2D eigenvalue weighted by molar-refractivity contribution is 7.99. The lowest BCUT2D eigenvalue weighted by molar-refractivity contribution is -0.137. The van der Waals surface area contributed by atoms with E-state index in [0.29, 0.717) is 23.5 Å². The molecule has 23 heavy (non-hydrogen) atoms. The molecule has 0 fully saturated rings. The van der Waals surface area contributed by atoms with E-state index in [1.807, 2.05) is 0 Å². The molecule has 6 nitrogen and oxygen atoms in total. The molecule has 0 unspecified atom stereocenters. The van der Waals surface area contributed by atoms with Crippen LogP contribution in [0.3, 0.4) is 0 Å². The van der Waals surface area contributed by atoms with Gasteiger partial charge in [-0.25, -0.2) is 9.97 Å². The predicted molar refractivity (Wildman–Crippen MR) is 91.7 cm³/mol. The number of thioether (sulfide) groups is 1. The van der Waals surface area contributed by atoms with Crippen LogP contribution in [-0.2, 0) is 27.3 Å². The molecule has 2 N–H and O–H groups in total. The van der Waals surface area contributed by atoms with Gasteiger partial charge in [0.25, 0.3) is 0 Å². The monoisotopic (exact) mass is 353 g/mol. The Morgan fingerprint density at radius 1 is 1.52 bits per heavy atom. The number of thiophene rings is 1. The molecule has 124 valence electrons. The molecule has 0 bridgehead atoms. The third kappa shape index (κ3) is 3.29. The average Bonchev–Trinajstić information content (AvgIpc) is 2.90. The second-order valence-corrected chi connectivity index (χ2v) is 7.76. The summed E-state index contributed by atoms with van der Waals surface area (Å²) in [5, 5.41) is 1.45. The van der Waals surface area contributed by atoms with Crippen LogP contribution in [0.4, 0.5) is 5.82 Å². The van der Waals surface area contributed by atoms with Crippen LogP contribution in [0.2, 0.25) is 0 Å². The van der Waals surface area contributed by atoms with E-state index in [9.17, 15) is 4.79 Å². The highest BCUT2D eigenvalue weighted by Crippen LogP contribution is 2.39. The lowest BCUT2D eigenvalue weighted by Crippen LogP contribution is -2.26. The van der Waals surface area contributed by atoms with E-state index in [-0.39, 0.29) is 17.8 Å². The molecule has 0 aromatic carbocycles. The summed E-state index contributed by atoms with van der Waals surface area (Å²) in [5.41, 5.74) is 7.39. The van der Waals surface area contributed by atoms with Crippen LogP contribution in [0, 0.1) is 5.92 Å². The Morgan fingerprint density at radius 2 is 2.30 bits per heavy atom. The molecule has 0 radical (unpaired) electrons. The van der Waals surface area contributed by atoms with E-state index < -0.39 is 0 Å². The molecule has 3 heterocycles. The van der Waals surface area contributed by atoms with Crippen LogP contribution >= 0.6 is 23.1 Å². The minimum Gasteiger partial charge on any atom is -0.468 e. The van der Waals surface area contributed by atoms with Crippen molar-refractivity contribution in [2.24, 2.45) is 5.92 Å². The predicted octanol–water partition coefficient (Wildman–Crippen LogP) is 2.64. The van der Waals surface area contributed by atoms with Crippen molar-refractivity contribution in [2.45, 2.75) is 38.1 Å². The van der Waals surface area contributed by atoms with Crippen molar-refractivity contribution in [3.8, 4) is 0 Å². The SMILES string of the molecule is COC(=O)CSc1nc(N)c2c3c(sc2n1)CO[C@H](C(C)C)C3. The number of esters is 1. The normalized spacial score (nSPS) is 17.5. The second-order valence-electron chi connectivity index (χ2n) is 5.74. The van der Waals surface area contributed by atoms with E-state index in [1.165, 1.54) is 29.3 Å². The first kappa shape index (κ1) is 16.5. The number of hydrogen-bond donors (Lipinski definition) is 1. The number of hydrogen-bond acceptors (Lipinski definition) is 8. The topological polar surface area (TPSA) is 87.3 Å². The Balaban J connectivity index is 1.93. The fraction of sp³-hybridized carbons (Fsp3) is 0.533. The number of methoxy groups -OCH3 is 1. The first-order chi connectivity index (χ1) is 11.0. The maximum atomic E-state index is 11.2. The van der Waals surface area contributed by atoms with Gasteiger partial charge in [0.1, 0.15) is 10.6 Å². The Kier molecular flexibility index (Phi) is 4.74. The number of aromatic nitrogens is 2. The number of anilines is 1. The molecule has 1 atom stereocenters. The Morgan fingerprint density at radius 3 is 3.00 bits per heavy atom. The molecular weight excluding hydrogens is 334 g/mol. The van der Waals surface area contributed by atoms with Crippen molar-refractivity contribution < 1.29 is 14.3 Å². The quantitative estimate of drug-likeness (QED) is 0.513. The fourth-order valence-corrected chi connectivity index (χ4v) is 4.43. The first-order valence-corrected chi connectivity index (χ1v) is 9.18. The summed E-state index contributed by atoms with van der Waals surface area (Å²) in [4.78, 5) is 22.2. The maximum Gasteiger partial charge on any atom is 0.316 e. The molecule has 1 aliphatic rings. The summed E-state index contributed by atoms with van der Waals surface area (Å²) in [7, 11) is 1.36. The molecule has 1 aliphatic heterocycles. The molecule has 2 aromatic rings. The van der Waals surface area contributed by atoms with E-state index in [4.69, 9.17) is 10.5 Å². The second kappa shape index (κ2) is 6.62. The summed E-state index contributed by atoms with van der Waals surface area (Å²) < 4.78 is 10.5. The molecular formula is C15H19N3O3S2. The van der Waals surface area contributed by atoms with Crippen LogP contribution in [0.15, 0.2) is 5.16 Å². The number of rotatable bonds is 4. The van der Waals surface area contributed by atoms with Crippen molar-refractivity contribution >= 4 is 45.1 Å². The first-order valence-electron chi connectivity index (χ1n) is 7.38. The van der Waals surface area contributed by atoms with Crippen molar-refractivity contribution in [2.75, 3.05) is 18.6 Å². The van der Waals surface area contributed by atoms with Crippen LogP contribution in [0.5, 0.6) is 0 Å². The van der Waals surface area contributed by atoms with Gasteiger partial charge in [0, 0.05) is 11.3 Å². The summed E-state index contributed by atoms with van der Waals surface area (Å²) in [6.07, 6.45) is 1.04. The Labute approximate surface area is 142 Å². The van der Waals surface area contributed by atoms with Gasteiger partial charge >= 0.3 is 5.97 Å². The average molecular weight is 353 g/mol. The molecule has 0 saturated heterocycles. The Hall–Kier alpha value is -1.38. The zero-order chi connectivity index (χ0) is 16.6. The summed E-state index contributed by atoms with van der Waals surface area (Å²) in [5.74, 6) is 0.792. The van der Waals surface area contributed by atoms with Gasteiger partial charge in [-0.1, -0.05) is 25.6 Å². The number of carbonyl (C=O) groups excluding carboxylic acids is 1. The van der Waals surface area contributed by atoms with Crippen LogP contribution in [0.25, 0.3) is 10.2 Å². The van der Waals surface area contributed by atoms with Gasteiger partial charge in [0.2, 0.25) is 0 Å². The lowest BCUT2D eigenvalue weighted by atomic mass is 9.96. The van der Waals surface area contributed by atoms with Crippen molar-refractivity contribution in [3.05, 3.63) is 10.4 Å². The van der Waals surface area contributed by atoms with Gasteiger partial charge in [0.15, 0.2) is 5.16 Å². The van der Waals surface area contributed by atoms with Gasteiger partial charge in [-0.3, -0.25) is 4.79 Å². The van der Waals surface area contributed by atoms with Gasteiger partial charge in [-0.05, 0) is 11.5 Å². The standard InChI is InChI=1S/C15H19N3O3S2/c1-7(2)9-4-8-10(5-21-9)23-14-12(8)13(16)17-15(18-14)22-6-11(19)20-3/h7,9H,4-6H2,1-3H3,(H2,16,17,18)/t9-/m0/s1. The van der Waals surface area contributed by atoms with Crippen molar-refractivity contribution in [3.63, 3.8) is 0 Å². The third-order valence-electron chi connectivity index (χ3n) is 3.87. The molecule has 3 rings (SSSR count). The maximum absolute atomic E-state index is 11.2. The summed E-state index contributed by atoms with van der Waals surface area (Å²) in [6.45, 7) is 4.92. The summed E-state index contributed by atoms with van der Waals surface area (Å²) in [6, 6.07) is 0. The molecule has 0 saturated carbocycles. The fourth-order valence-electron chi connectivity index (χ4n) is 2.56. The highest BCUT2D eigenvalue weighted by Gasteiger charge is 2.27. The molecule has 0 spiro atoms. The minimum absolute atomic E-state index is 0.172. The number of nitrogens with zero attached hydrogens (tertiary/aromatic N) is 2. The number of nitrogen functional groups attached to an aromatic ring is 1. The zero-order valence-electron chi connectivity index (χ0n) is 13.3. The largest absolute Gasteiger partial charge is 0.468 e. The van der Waals surface area contributed by atoms with Gasteiger partial charge in [-0.15, -0.1) is 11.3 Å². The molecule has 0 aliphatic carbocycles. The smallest absolute Gasteiger partial charge is 0.316 e. The number of fused-ring (bicyclic) bond motifs is 3. The number of nitrogens with two attached hydrogens (primary N) is 1. The van der Waals surface area contributed by atoms with Crippen LogP contribution < -0.4 is 5.73 Å². The van der Waals surface area contributed by atoms with Crippen molar-refractivity contribution in [1.82, 2.24) is 9.97 Å². The third-order valence-corrected chi connectivity index (χ3v) is 5.79. The number of carbonyl (C=O) groups is 1. The Bertz CT molecular complexity index is 745. The van der Waals surface area contributed by atoms with E-state index in [2.05, 4.69) is 28.6 Å².